The number of pyridine rings is 1. The lowest BCUT2D eigenvalue weighted by Gasteiger charge is -2.28. The highest BCUT2D eigenvalue weighted by molar-refractivity contribution is 6.09. The van der Waals surface area contributed by atoms with Crippen LogP contribution in [-0.4, -0.2) is 27.8 Å². The summed E-state index contributed by atoms with van der Waals surface area (Å²) in [6.45, 7) is 4.68. The Morgan fingerprint density at radius 3 is 2.68 bits per heavy atom. The van der Waals surface area contributed by atoms with Crippen LogP contribution in [0.5, 0.6) is 0 Å². The summed E-state index contributed by atoms with van der Waals surface area (Å²) in [4.78, 5) is 37.7. The lowest BCUT2D eigenvalue weighted by atomic mass is 10.0. The summed E-state index contributed by atoms with van der Waals surface area (Å²) in [6.07, 6.45) is 3.53. The Balaban J connectivity index is 2.58. The van der Waals surface area contributed by atoms with Gasteiger partial charge in [-0.1, -0.05) is 19.4 Å². The first-order valence-corrected chi connectivity index (χ1v) is 7.32. The number of hydrogen-bond acceptors (Lipinski definition) is 3. The molecule has 1 aliphatic heterocycles. The van der Waals surface area contributed by atoms with Crippen molar-refractivity contribution < 1.29 is 14.0 Å². The standard InChI is InChI=1S/C16H19FN2O3/c1-3-5-6-11-8-13(20)15-12(19(11)10-17)9-14(21)18(7-4-2)16(15)22/h4,8H,2-3,5-7,9-10H2,1H3. The Morgan fingerprint density at radius 1 is 1.36 bits per heavy atom. The van der Waals surface area contributed by atoms with Crippen molar-refractivity contribution in [2.75, 3.05) is 6.54 Å². The number of amides is 2. The fraction of sp³-hybridized carbons (Fsp3) is 0.438. The molecule has 2 amide bonds. The first-order valence-electron chi connectivity index (χ1n) is 7.32. The number of carbonyl (C=O) groups is 2. The summed E-state index contributed by atoms with van der Waals surface area (Å²) in [5, 5.41) is 0. The van der Waals surface area contributed by atoms with E-state index >= 15 is 0 Å². The van der Waals surface area contributed by atoms with Gasteiger partial charge < -0.3 is 4.57 Å². The zero-order valence-electron chi connectivity index (χ0n) is 12.6. The summed E-state index contributed by atoms with van der Waals surface area (Å²) in [5.41, 5.74) is 0.180. The van der Waals surface area contributed by atoms with Crippen molar-refractivity contribution in [1.82, 2.24) is 9.47 Å². The van der Waals surface area contributed by atoms with E-state index in [0.29, 0.717) is 12.1 Å². The molecule has 22 heavy (non-hydrogen) atoms. The second-order valence-electron chi connectivity index (χ2n) is 5.25. The van der Waals surface area contributed by atoms with Crippen molar-refractivity contribution in [3.8, 4) is 0 Å². The fourth-order valence-electron chi connectivity index (χ4n) is 2.68. The molecule has 0 bridgehead atoms. The number of nitrogens with zero attached hydrogens (tertiary/aromatic N) is 2. The first-order chi connectivity index (χ1) is 10.5. The van der Waals surface area contributed by atoms with E-state index in [1.54, 1.807) is 0 Å². The maximum atomic E-state index is 13.4. The monoisotopic (exact) mass is 306 g/mol. The van der Waals surface area contributed by atoms with Crippen LogP contribution >= 0.6 is 0 Å². The molecule has 0 radical (unpaired) electrons. The average molecular weight is 306 g/mol. The Bertz CT molecular complexity index is 679. The zero-order valence-corrected chi connectivity index (χ0v) is 12.6. The molecule has 0 atom stereocenters. The van der Waals surface area contributed by atoms with Gasteiger partial charge in [0.1, 0.15) is 5.56 Å². The van der Waals surface area contributed by atoms with Crippen LogP contribution < -0.4 is 5.43 Å². The molecule has 0 saturated heterocycles. The molecule has 0 spiro atoms. The number of alkyl halides is 1. The molecule has 2 rings (SSSR count). The normalized spacial score (nSPS) is 14.2. The zero-order chi connectivity index (χ0) is 16.3. The minimum Gasteiger partial charge on any atom is -0.319 e. The molecular formula is C16H19FN2O3. The third-order valence-corrected chi connectivity index (χ3v) is 3.80. The lowest BCUT2D eigenvalue weighted by Crippen LogP contribution is -2.46. The molecule has 0 unspecified atom stereocenters. The van der Waals surface area contributed by atoms with Crippen LogP contribution in [0.15, 0.2) is 23.5 Å². The topological polar surface area (TPSA) is 59.4 Å². The number of halogens is 1. The van der Waals surface area contributed by atoms with Gasteiger partial charge in [-0.2, -0.15) is 0 Å². The molecule has 0 aromatic carbocycles. The van der Waals surface area contributed by atoms with E-state index in [1.807, 2.05) is 6.92 Å². The van der Waals surface area contributed by atoms with Crippen LogP contribution in [0.25, 0.3) is 0 Å². The first kappa shape index (κ1) is 16.1. The predicted molar refractivity (Wildman–Crippen MR) is 80.4 cm³/mol. The van der Waals surface area contributed by atoms with Gasteiger partial charge in [0.15, 0.2) is 12.2 Å². The van der Waals surface area contributed by atoms with E-state index in [0.717, 1.165) is 17.7 Å². The van der Waals surface area contributed by atoms with Crippen molar-refractivity contribution in [3.63, 3.8) is 0 Å². The van der Waals surface area contributed by atoms with Gasteiger partial charge >= 0.3 is 0 Å². The van der Waals surface area contributed by atoms with E-state index in [4.69, 9.17) is 0 Å². The van der Waals surface area contributed by atoms with Crippen LogP contribution in [0.3, 0.4) is 0 Å². The Hall–Kier alpha value is -2.24. The second-order valence-corrected chi connectivity index (χ2v) is 5.25. The Kier molecular flexibility index (Phi) is 4.90. The van der Waals surface area contributed by atoms with Crippen LogP contribution in [0.1, 0.15) is 41.5 Å². The third kappa shape index (κ3) is 2.73. The molecule has 0 N–H and O–H groups in total. The number of aromatic nitrogens is 1. The van der Waals surface area contributed by atoms with Crippen molar-refractivity contribution in [2.45, 2.75) is 39.4 Å². The largest absolute Gasteiger partial charge is 0.319 e. The Morgan fingerprint density at radius 2 is 2.09 bits per heavy atom. The lowest BCUT2D eigenvalue weighted by molar-refractivity contribution is -0.128. The number of imide groups is 1. The molecule has 118 valence electrons. The summed E-state index contributed by atoms with van der Waals surface area (Å²) in [6, 6.07) is 1.31. The minimum absolute atomic E-state index is 0.0454. The summed E-state index contributed by atoms with van der Waals surface area (Å²) >= 11 is 0. The van der Waals surface area contributed by atoms with Crippen molar-refractivity contribution >= 4 is 11.8 Å². The Labute approximate surface area is 128 Å². The smallest absolute Gasteiger partial charge is 0.266 e. The van der Waals surface area contributed by atoms with Gasteiger partial charge in [-0.3, -0.25) is 19.3 Å². The van der Waals surface area contributed by atoms with Crippen LogP contribution in [0, 0.1) is 0 Å². The molecule has 2 heterocycles. The van der Waals surface area contributed by atoms with E-state index < -0.39 is 24.0 Å². The van der Waals surface area contributed by atoms with E-state index in [-0.39, 0.29) is 24.2 Å². The summed E-state index contributed by atoms with van der Waals surface area (Å²) in [5.74, 6) is -1.10. The van der Waals surface area contributed by atoms with Crippen LogP contribution in [0.2, 0.25) is 0 Å². The highest BCUT2D eigenvalue weighted by Crippen LogP contribution is 2.20. The number of fused-ring (bicyclic) bond motifs is 1. The molecule has 1 aliphatic rings. The number of carbonyl (C=O) groups excluding carboxylic acids is 2. The van der Waals surface area contributed by atoms with Gasteiger partial charge in [-0.25, -0.2) is 4.39 Å². The van der Waals surface area contributed by atoms with Gasteiger partial charge in [-0.05, 0) is 12.8 Å². The number of hydrogen-bond donors (Lipinski definition) is 0. The molecule has 6 heteroatoms. The second kappa shape index (κ2) is 6.68. The van der Waals surface area contributed by atoms with E-state index in [9.17, 15) is 18.8 Å². The van der Waals surface area contributed by atoms with Gasteiger partial charge in [0.2, 0.25) is 5.91 Å². The van der Waals surface area contributed by atoms with E-state index in [1.165, 1.54) is 16.7 Å². The van der Waals surface area contributed by atoms with Crippen molar-refractivity contribution in [3.05, 3.63) is 45.9 Å². The molecule has 1 aromatic heterocycles. The summed E-state index contributed by atoms with van der Waals surface area (Å²) < 4.78 is 14.7. The molecule has 0 saturated carbocycles. The minimum atomic E-state index is -0.857. The van der Waals surface area contributed by atoms with E-state index in [2.05, 4.69) is 6.58 Å². The third-order valence-electron chi connectivity index (χ3n) is 3.80. The fourth-order valence-corrected chi connectivity index (χ4v) is 2.68. The van der Waals surface area contributed by atoms with Gasteiger partial charge in [0.25, 0.3) is 5.91 Å². The summed E-state index contributed by atoms with van der Waals surface area (Å²) in [7, 11) is 0. The quantitative estimate of drug-likeness (QED) is 0.595. The van der Waals surface area contributed by atoms with Gasteiger partial charge in [-0.15, -0.1) is 6.58 Å². The number of unbranched alkanes of at least 4 members (excludes halogenated alkanes) is 1. The highest BCUT2D eigenvalue weighted by Gasteiger charge is 2.34. The van der Waals surface area contributed by atoms with Crippen molar-refractivity contribution in [2.24, 2.45) is 0 Å². The van der Waals surface area contributed by atoms with Crippen LogP contribution in [0.4, 0.5) is 4.39 Å². The highest BCUT2D eigenvalue weighted by atomic mass is 19.1. The molecular weight excluding hydrogens is 287 g/mol. The number of rotatable bonds is 6. The van der Waals surface area contributed by atoms with Crippen molar-refractivity contribution in [1.29, 1.82) is 0 Å². The molecule has 1 aromatic rings. The molecule has 5 nitrogen and oxygen atoms in total. The van der Waals surface area contributed by atoms with Gasteiger partial charge in [0.05, 0.1) is 6.42 Å². The molecule has 0 aliphatic carbocycles. The average Bonchev–Trinajstić information content (AvgIpc) is 2.48. The maximum absolute atomic E-state index is 13.4. The van der Waals surface area contributed by atoms with Gasteiger partial charge in [0, 0.05) is 24.0 Å². The SMILES string of the molecule is C=CCN1C(=O)Cc2c(c(=O)cc(CCCC)n2CF)C1=O. The molecule has 0 fully saturated rings. The number of aryl methyl sites for hydroxylation is 1. The maximum Gasteiger partial charge on any atom is 0.266 e. The van der Waals surface area contributed by atoms with Crippen LogP contribution in [-0.2, 0) is 24.4 Å². The predicted octanol–water partition coefficient (Wildman–Crippen LogP) is 1.83.